The Morgan fingerprint density at radius 2 is 1.33 bits per heavy atom. The van der Waals surface area contributed by atoms with E-state index in [1.165, 1.54) is 5.92 Å². The van der Waals surface area contributed by atoms with E-state index in [2.05, 4.69) is 44.3 Å². The predicted molar refractivity (Wildman–Crippen MR) is 123 cm³/mol. The molecule has 2 aromatic carbocycles. The maximum atomic E-state index is 14.5. The Morgan fingerprint density at radius 1 is 0.733 bits per heavy atom. The van der Waals surface area contributed by atoms with Crippen LogP contribution in [0, 0.1) is 62.4 Å². The van der Waals surface area contributed by atoms with Crippen LogP contribution in [0.15, 0.2) is 72.8 Å². The summed E-state index contributed by atoms with van der Waals surface area (Å²) in [4.78, 5) is 0. The second kappa shape index (κ2) is 11.5. The minimum atomic E-state index is -2.91. The zero-order valence-corrected chi connectivity index (χ0v) is 18.8. The summed E-state index contributed by atoms with van der Waals surface area (Å²) in [6, 6.07) is 19.7. The van der Waals surface area contributed by atoms with Crippen molar-refractivity contribution >= 4 is 17.8 Å². The van der Waals surface area contributed by atoms with Crippen LogP contribution >= 0.6 is 7.14 Å². The van der Waals surface area contributed by atoms with Crippen molar-refractivity contribution in [2.45, 2.75) is 19.3 Å². The van der Waals surface area contributed by atoms with E-state index in [1.54, 1.807) is 0 Å². The second-order valence-electron chi connectivity index (χ2n) is 7.23. The van der Waals surface area contributed by atoms with Gasteiger partial charge in [-0.15, -0.1) is 0 Å². The molecule has 10 radical (unpaired) electrons. The molecule has 0 unspecified atom stereocenters. The summed E-state index contributed by atoms with van der Waals surface area (Å²) < 4.78 is 14.5. The van der Waals surface area contributed by atoms with E-state index in [1.807, 2.05) is 73.5 Å². The molecule has 0 amide bonds. The molecule has 2 saturated carbocycles. The van der Waals surface area contributed by atoms with Crippen LogP contribution in [0.2, 0.25) is 0 Å². The number of hydrogen-bond acceptors (Lipinski definition) is 1. The monoisotopic (exact) mass is 452 g/mol. The molecule has 2 aliphatic carbocycles. The van der Waals surface area contributed by atoms with Gasteiger partial charge in [-0.25, -0.2) is 0 Å². The first kappa shape index (κ1) is 23.6. The third-order valence-corrected chi connectivity index (χ3v) is 8.41. The molecule has 2 aromatic rings. The van der Waals surface area contributed by atoms with E-state index in [9.17, 15) is 4.57 Å². The SMILES string of the molecule is O=P([C]1[CH][CH][CH][C]1/C=C\CCC[C]1[CH][CH][CH][CH]1)(c1ccccc1)c1ccccc1.[Fe+2]. The summed E-state index contributed by atoms with van der Waals surface area (Å²) in [5.41, 5.74) is 0.919. The Balaban J connectivity index is 0.00000256. The molecule has 1 nitrogen and oxygen atoms in total. The summed E-state index contributed by atoms with van der Waals surface area (Å²) in [6.45, 7) is 0. The van der Waals surface area contributed by atoms with Gasteiger partial charge in [-0.3, -0.25) is 0 Å². The first-order valence-electron chi connectivity index (χ1n) is 10.1. The van der Waals surface area contributed by atoms with Crippen molar-refractivity contribution in [3.63, 3.8) is 0 Å². The molecule has 3 heteroatoms. The largest absolute Gasteiger partial charge is 2.00 e. The van der Waals surface area contributed by atoms with Crippen molar-refractivity contribution < 1.29 is 21.6 Å². The van der Waals surface area contributed by atoms with E-state index in [-0.39, 0.29) is 17.1 Å². The van der Waals surface area contributed by atoms with Gasteiger partial charge < -0.3 is 4.57 Å². The summed E-state index contributed by atoms with van der Waals surface area (Å²) >= 11 is 0. The molecule has 0 N–H and O–H groups in total. The van der Waals surface area contributed by atoms with Gasteiger partial charge in [0.2, 0.25) is 0 Å². The predicted octanol–water partition coefficient (Wildman–Crippen LogP) is 5.86. The average molecular weight is 452 g/mol. The van der Waals surface area contributed by atoms with Crippen molar-refractivity contribution in [2.24, 2.45) is 0 Å². The molecule has 0 spiro atoms. The molecular weight excluding hydrogens is 427 g/mol. The summed E-state index contributed by atoms with van der Waals surface area (Å²) in [5.74, 6) is 2.44. The molecule has 0 aliphatic heterocycles. The van der Waals surface area contributed by atoms with Crippen LogP contribution < -0.4 is 10.6 Å². The van der Waals surface area contributed by atoms with Crippen molar-refractivity contribution in [2.75, 3.05) is 0 Å². The fourth-order valence-electron chi connectivity index (χ4n) is 3.77. The van der Waals surface area contributed by atoms with Crippen molar-refractivity contribution in [1.82, 2.24) is 0 Å². The summed E-state index contributed by atoms with van der Waals surface area (Å²) in [5, 5.41) is 1.76. The molecular formula is C27H25FeOP+2. The van der Waals surface area contributed by atoms with Gasteiger partial charge in [0, 0.05) is 16.5 Å². The number of unbranched alkanes of at least 4 members (excludes halogenated alkanes) is 1. The smallest absolute Gasteiger partial charge is 0.313 e. The second-order valence-corrected chi connectivity index (χ2v) is 9.97. The molecule has 0 aromatic heterocycles. The quantitative estimate of drug-likeness (QED) is 0.279. The van der Waals surface area contributed by atoms with Crippen LogP contribution in [0.3, 0.4) is 0 Å². The van der Waals surface area contributed by atoms with Gasteiger partial charge in [0.05, 0.1) is 5.66 Å². The van der Waals surface area contributed by atoms with E-state index >= 15 is 0 Å². The van der Waals surface area contributed by atoms with Crippen LogP contribution in [0.4, 0.5) is 0 Å². The third-order valence-electron chi connectivity index (χ3n) is 5.27. The Bertz CT molecular complexity index is 783. The van der Waals surface area contributed by atoms with Gasteiger partial charge in [-0.2, -0.15) is 0 Å². The number of rotatable bonds is 8. The average Bonchev–Trinajstić information content (AvgIpc) is 3.46. The van der Waals surface area contributed by atoms with Crippen LogP contribution in [0.5, 0.6) is 0 Å². The van der Waals surface area contributed by atoms with Crippen LogP contribution in [-0.2, 0) is 21.6 Å². The topological polar surface area (TPSA) is 17.1 Å². The first-order valence-corrected chi connectivity index (χ1v) is 11.8. The maximum Gasteiger partial charge on any atom is 2.00 e. The third kappa shape index (κ3) is 5.40. The molecule has 150 valence electrons. The van der Waals surface area contributed by atoms with Gasteiger partial charge >= 0.3 is 17.1 Å². The molecule has 30 heavy (non-hydrogen) atoms. The van der Waals surface area contributed by atoms with E-state index < -0.39 is 7.14 Å². The molecule has 2 aliphatic rings. The normalized spacial score (nSPS) is 18.8. The fourth-order valence-corrected chi connectivity index (χ4v) is 6.62. The van der Waals surface area contributed by atoms with E-state index in [0.29, 0.717) is 0 Å². The van der Waals surface area contributed by atoms with Gasteiger partial charge in [-0.05, 0) is 70.1 Å². The Hall–Kier alpha value is -1.07. The summed E-state index contributed by atoms with van der Waals surface area (Å²) in [6.07, 6.45) is 22.2. The van der Waals surface area contributed by atoms with E-state index in [0.717, 1.165) is 41.4 Å². The maximum absolute atomic E-state index is 14.5. The van der Waals surface area contributed by atoms with Crippen molar-refractivity contribution in [1.29, 1.82) is 0 Å². The summed E-state index contributed by atoms with van der Waals surface area (Å²) in [7, 11) is -2.91. The Labute approximate surface area is 193 Å². The van der Waals surface area contributed by atoms with Gasteiger partial charge in [0.15, 0.2) is 7.14 Å². The van der Waals surface area contributed by atoms with Gasteiger partial charge in [0.25, 0.3) is 0 Å². The molecule has 2 fully saturated rings. The Morgan fingerprint density at radius 3 is 1.93 bits per heavy atom. The fraction of sp³-hybridized carbons (Fsp3) is 0.111. The molecule has 0 saturated heterocycles. The first-order chi connectivity index (χ1) is 14.3. The zero-order chi connectivity index (χ0) is 19.9. The van der Waals surface area contributed by atoms with Gasteiger partial charge in [0.1, 0.15) is 0 Å². The number of hydrogen-bond donors (Lipinski definition) is 0. The molecule has 4 rings (SSSR count). The number of allylic oxidation sites excluding steroid dienone is 2. The number of benzene rings is 2. The van der Waals surface area contributed by atoms with Crippen molar-refractivity contribution in [3.8, 4) is 0 Å². The minimum absolute atomic E-state index is 0. The van der Waals surface area contributed by atoms with Crippen LogP contribution in [0.25, 0.3) is 0 Å². The van der Waals surface area contributed by atoms with Gasteiger partial charge in [-0.1, -0.05) is 72.8 Å². The van der Waals surface area contributed by atoms with Crippen LogP contribution in [0.1, 0.15) is 19.3 Å². The van der Waals surface area contributed by atoms with Crippen LogP contribution in [-0.4, -0.2) is 0 Å². The zero-order valence-electron chi connectivity index (χ0n) is 16.8. The standard InChI is InChI=1S/C27H25OP.Fe/c28-29(25-18-6-2-7-19-25,26-20-8-3-9-21-26)27-22-12-17-24(27)16-5-1-4-13-23-14-10-11-15-23;/h2-3,5-12,14-22H,1,4,13H2;/q;+2/b16-5-;. The Kier molecular flexibility index (Phi) is 9.06. The van der Waals surface area contributed by atoms with E-state index in [4.69, 9.17) is 0 Å². The molecule has 0 bridgehead atoms. The van der Waals surface area contributed by atoms with Crippen molar-refractivity contribution in [3.05, 3.63) is 135 Å². The minimum Gasteiger partial charge on any atom is -0.313 e. The molecule has 0 heterocycles. The molecule has 0 atom stereocenters.